The second-order valence-corrected chi connectivity index (χ2v) is 4.47. The third kappa shape index (κ3) is 1.37. The van der Waals surface area contributed by atoms with Crippen molar-refractivity contribution in [1.29, 1.82) is 0 Å². The molecule has 2 aliphatic rings. The number of epoxide rings is 1. The number of ether oxygens (including phenoxy) is 1. The summed E-state index contributed by atoms with van der Waals surface area (Å²) in [7, 11) is 0. The van der Waals surface area contributed by atoms with Crippen molar-refractivity contribution >= 4 is 15.9 Å². The lowest BCUT2D eigenvalue weighted by Gasteiger charge is -2.08. The normalized spacial score (nSPS) is 47.1. The molecule has 1 nitrogen and oxygen atoms in total. The molecule has 0 spiro atoms. The van der Waals surface area contributed by atoms with Gasteiger partial charge in [-0.15, -0.1) is 0 Å². The molecular weight excluding hydrogens is 192 g/mol. The van der Waals surface area contributed by atoms with Crippen LogP contribution in [-0.2, 0) is 4.74 Å². The van der Waals surface area contributed by atoms with Gasteiger partial charge in [-0.25, -0.2) is 0 Å². The summed E-state index contributed by atoms with van der Waals surface area (Å²) in [5, 5.41) is 0. The Labute approximate surface area is 70.3 Å². The molecule has 3 atom stereocenters. The lowest BCUT2D eigenvalue weighted by molar-refractivity contribution is 0.361. The summed E-state index contributed by atoms with van der Waals surface area (Å²) in [5.41, 5.74) is 0. The maximum atomic E-state index is 5.50. The van der Waals surface area contributed by atoms with Gasteiger partial charge in [0.2, 0.25) is 0 Å². The average Bonchev–Trinajstić information content (AvgIpc) is 2.62. The predicted octanol–water partition coefficient (Wildman–Crippen LogP) is 2.48. The molecule has 0 aromatic rings. The summed E-state index contributed by atoms with van der Waals surface area (Å²) in [5.74, 6) is 0. The molecule has 2 rings (SSSR count). The minimum atomic E-state index is 0.570. The van der Waals surface area contributed by atoms with Crippen LogP contribution >= 0.6 is 15.9 Å². The number of halogens is 1. The second kappa shape index (κ2) is 2.82. The zero-order chi connectivity index (χ0) is 6.97. The Kier molecular flexibility index (Phi) is 2.01. The van der Waals surface area contributed by atoms with E-state index in [2.05, 4.69) is 15.9 Å². The quantitative estimate of drug-likeness (QED) is 0.437. The van der Waals surface area contributed by atoms with Crippen molar-refractivity contribution in [3.05, 3.63) is 0 Å². The van der Waals surface area contributed by atoms with Gasteiger partial charge in [-0.3, -0.25) is 0 Å². The molecule has 58 valence electrons. The Morgan fingerprint density at radius 3 is 2.80 bits per heavy atom. The van der Waals surface area contributed by atoms with Gasteiger partial charge in [0.25, 0.3) is 0 Å². The summed E-state index contributed by atoms with van der Waals surface area (Å²) >= 11 is 3.65. The summed E-state index contributed by atoms with van der Waals surface area (Å²) in [6.07, 6.45) is 7.94. The van der Waals surface area contributed by atoms with Crippen molar-refractivity contribution < 1.29 is 4.74 Å². The van der Waals surface area contributed by atoms with Crippen LogP contribution in [0.25, 0.3) is 0 Å². The summed E-state index contributed by atoms with van der Waals surface area (Å²) in [6.45, 7) is 0. The van der Waals surface area contributed by atoms with E-state index >= 15 is 0 Å². The molecule has 0 radical (unpaired) electrons. The van der Waals surface area contributed by atoms with Crippen LogP contribution in [0.15, 0.2) is 0 Å². The molecule has 3 unspecified atom stereocenters. The van der Waals surface area contributed by atoms with E-state index in [1.807, 2.05) is 0 Å². The van der Waals surface area contributed by atoms with Crippen molar-refractivity contribution in [2.75, 3.05) is 0 Å². The number of rotatable bonds is 0. The molecule has 10 heavy (non-hydrogen) atoms. The van der Waals surface area contributed by atoms with Crippen molar-refractivity contribution in [3.8, 4) is 0 Å². The maximum Gasteiger partial charge on any atom is 0.0966 e. The highest BCUT2D eigenvalue weighted by Gasteiger charge is 2.43. The minimum Gasteiger partial charge on any atom is -0.368 e. The first-order valence-corrected chi connectivity index (χ1v) is 5.09. The molecule has 2 fully saturated rings. The molecule has 1 heterocycles. The van der Waals surface area contributed by atoms with Crippen LogP contribution in [0.1, 0.15) is 32.1 Å². The van der Waals surface area contributed by atoms with E-state index < -0.39 is 0 Å². The third-order valence-corrected chi connectivity index (χ3v) is 3.43. The minimum absolute atomic E-state index is 0.570. The van der Waals surface area contributed by atoms with E-state index in [4.69, 9.17) is 4.74 Å². The SMILES string of the molecule is BrC1CCCCCC2OC12. The molecule has 1 saturated heterocycles. The van der Waals surface area contributed by atoms with E-state index in [9.17, 15) is 0 Å². The Morgan fingerprint density at radius 1 is 1.10 bits per heavy atom. The highest BCUT2D eigenvalue weighted by atomic mass is 79.9. The molecule has 0 amide bonds. The van der Waals surface area contributed by atoms with Gasteiger partial charge < -0.3 is 4.74 Å². The molecule has 0 N–H and O–H groups in total. The van der Waals surface area contributed by atoms with Gasteiger partial charge in [0, 0.05) is 4.83 Å². The van der Waals surface area contributed by atoms with Gasteiger partial charge in [-0.2, -0.15) is 0 Å². The zero-order valence-electron chi connectivity index (χ0n) is 6.05. The van der Waals surface area contributed by atoms with E-state index in [-0.39, 0.29) is 0 Å². The van der Waals surface area contributed by atoms with Gasteiger partial charge in [0.15, 0.2) is 0 Å². The average molecular weight is 205 g/mol. The van der Waals surface area contributed by atoms with Crippen LogP contribution in [0.5, 0.6) is 0 Å². The Balaban J connectivity index is 1.88. The van der Waals surface area contributed by atoms with Crippen LogP contribution in [-0.4, -0.2) is 17.0 Å². The standard InChI is InChI=1S/C8H13BrO/c9-6-4-2-1-3-5-7-8(6)10-7/h6-8H,1-5H2. The maximum absolute atomic E-state index is 5.50. The molecule has 0 bridgehead atoms. The topological polar surface area (TPSA) is 12.5 Å². The van der Waals surface area contributed by atoms with Crippen molar-refractivity contribution in [2.24, 2.45) is 0 Å². The predicted molar refractivity (Wildman–Crippen MR) is 44.5 cm³/mol. The lowest BCUT2D eigenvalue weighted by Crippen LogP contribution is -2.11. The third-order valence-electron chi connectivity index (χ3n) is 2.45. The first-order valence-electron chi connectivity index (χ1n) is 4.17. The van der Waals surface area contributed by atoms with Crippen molar-refractivity contribution in [1.82, 2.24) is 0 Å². The Morgan fingerprint density at radius 2 is 1.90 bits per heavy atom. The molecule has 1 aliphatic carbocycles. The van der Waals surface area contributed by atoms with E-state index in [0.29, 0.717) is 17.0 Å². The second-order valence-electron chi connectivity index (χ2n) is 3.29. The molecule has 2 heteroatoms. The smallest absolute Gasteiger partial charge is 0.0966 e. The lowest BCUT2D eigenvalue weighted by atomic mass is 10.0. The number of hydrogen-bond donors (Lipinski definition) is 0. The monoisotopic (exact) mass is 204 g/mol. The van der Waals surface area contributed by atoms with Gasteiger partial charge >= 0.3 is 0 Å². The number of fused-ring (bicyclic) bond motifs is 1. The first kappa shape index (κ1) is 7.11. The van der Waals surface area contributed by atoms with Crippen LogP contribution in [0.3, 0.4) is 0 Å². The fourth-order valence-electron chi connectivity index (χ4n) is 1.73. The largest absolute Gasteiger partial charge is 0.368 e. The number of alkyl halides is 1. The van der Waals surface area contributed by atoms with E-state index in [1.165, 1.54) is 32.1 Å². The molecule has 0 aromatic heterocycles. The highest BCUT2D eigenvalue weighted by Crippen LogP contribution is 2.37. The molecular formula is C8H13BrO. The Bertz CT molecular complexity index is 126. The van der Waals surface area contributed by atoms with Gasteiger partial charge in [0.05, 0.1) is 12.2 Å². The van der Waals surface area contributed by atoms with Crippen molar-refractivity contribution in [3.63, 3.8) is 0 Å². The highest BCUT2D eigenvalue weighted by molar-refractivity contribution is 9.09. The molecule has 1 saturated carbocycles. The van der Waals surface area contributed by atoms with E-state index in [0.717, 1.165) is 0 Å². The summed E-state index contributed by atoms with van der Waals surface area (Å²) in [6, 6.07) is 0. The van der Waals surface area contributed by atoms with Gasteiger partial charge in [-0.05, 0) is 12.8 Å². The van der Waals surface area contributed by atoms with Crippen LogP contribution < -0.4 is 0 Å². The van der Waals surface area contributed by atoms with Gasteiger partial charge in [0.1, 0.15) is 0 Å². The van der Waals surface area contributed by atoms with E-state index in [1.54, 1.807) is 0 Å². The van der Waals surface area contributed by atoms with Crippen LogP contribution in [0.4, 0.5) is 0 Å². The van der Waals surface area contributed by atoms with Crippen LogP contribution in [0, 0.1) is 0 Å². The first-order chi connectivity index (χ1) is 4.88. The fraction of sp³-hybridized carbons (Fsp3) is 1.00. The van der Waals surface area contributed by atoms with Crippen LogP contribution in [0.2, 0.25) is 0 Å². The number of hydrogen-bond acceptors (Lipinski definition) is 1. The van der Waals surface area contributed by atoms with Crippen molar-refractivity contribution in [2.45, 2.75) is 49.1 Å². The Hall–Kier alpha value is 0.440. The zero-order valence-corrected chi connectivity index (χ0v) is 7.64. The fourth-order valence-corrected chi connectivity index (χ4v) is 2.52. The summed E-state index contributed by atoms with van der Waals surface area (Å²) in [4.78, 5) is 0.651. The molecule has 1 aliphatic heterocycles. The molecule has 0 aromatic carbocycles. The van der Waals surface area contributed by atoms with Gasteiger partial charge in [-0.1, -0.05) is 35.2 Å². The summed E-state index contributed by atoms with van der Waals surface area (Å²) < 4.78 is 5.50.